The summed E-state index contributed by atoms with van der Waals surface area (Å²) < 4.78 is 5.11. The molecule has 1 unspecified atom stereocenters. The first kappa shape index (κ1) is 16.4. The van der Waals surface area contributed by atoms with Crippen molar-refractivity contribution < 1.29 is 14.4 Å². The van der Waals surface area contributed by atoms with Crippen LogP contribution in [-0.2, 0) is 6.42 Å². The molecule has 1 heterocycles. The molecular formula is C13H24N4O3. The van der Waals surface area contributed by atoms with Crippen molar-refractivity contribution in [1.29, 1.82) is 0 Å². The third-order valence-electron chi connectivity index (χ3n) is 2.90. The van der Waals surface area contributed by atoms with Crippen molar-refractivity contribution in [3.05, 3.63) is 11.7 Å². The molecule has 0 aliphatic rings. The molecule has 0 saturated carbocycles. The van der Waals surface area contributed by atoms with E-state index in [9.17, 15) is 4.79 Å². The standard InChI is InChI=1S/C13H24N4O3/c1-4-10(8-18)15-13(19)14-7-5-6-11-16-12(9(2)3)17-20-11/h9-10,18H,4-8H2,1-3H3,(H2,14,15,19). The van der Waals surface area contributed by atoms with Crippen molar-refractivity contribution in [2.45, 2.75) is 52.0 Å². The molecule has 0 aromatic carbocycles. The summed E-state index contributed by atoms with van der Waals surface area (Å²) in [5.74, 6) is 1.55. The maximum absolute atomic E-state index is 11.5. The van der Waals surface area contributed by atoms with Gasteiger partial charge < -0.3 is 20.3 Å². The lowest BCUT2D eigenvalue weighted by Crippen LogP contribution is -2.43. The van der Waals surface area contributed by atoms with Crippen molar-refractivity contribution >= 4 is 6.03 Å². The number of hydrogen-bond acceptors (Lipinski definition) is 5. The van der Waals surface area contributed by atoms with Gasteiger partial charge in [0.2, 0.25) is 5.89 Å². The van der Waals surface area contributed by atoms with Crippen LogP contribution in [0.3, 0.4) is 0 Å². The second kappa shape index (κ2) is 8.52. The van der Waals surface area contributed by atoms with E-state index >= 15 is 0 Å². The molecule has 0 spiro atoms. The highest BCUT2D eigenvalue weighted by molar-refractivity contribution is 5.74. The number of hydrogen-bond donors (Lipinski definition) is 3. The summed E-state index contributed by atoms with van der Waals surface area (Å²) in [4.78, 5) is 15.8. The Labute approximate surface area is 119 Å². The number of nitrogens with zero attached hydrogens (tertiary/aromatic N) is 2. The van der Waals surface area contributed by atoms with E-state index in [-0.39, 0.29) is 24.6 Å². The molecule has 1 aromatic rings. The first-order valence-electron chi connectivity index (χ1n) is 7.04. The molecule has 0 bridgehead atoms. The number of aromatic nitrogens is 2. The van der Waals surface area contributed by atoms with E-state index in [0.717, 1.165) is 6.42 Å². The van der Waals surface area contributed by atoms with E-state index in [4.69, 9.17) is 9.63 Å². The topological polar surface area (TPSA) is 100 Å². The largest absolute Gasteiger partial charge is 0.394 e. The minimum atomic E-state index is -0.265. The number of carbonyl (C=O) groups excluding carboxylic acids is 1. The predicted octanol–water partition coefficient (Wildman–Crippen LogP) is 1.20. The SMILES string of the molecule is CCC(CO)NC(=O)NCCCc1nc(C(C)C)no1. The molecule has 1 atom stereocenters. The Bertz CT molecular complexity index is 402. The Kier molecular flexibility index (Phi) is 7.00. The quantitative estimate of drug-likeness (QED) is 0.623. The van der Waals surface area contributed by atoms with Gasteiger partial charge in [-0.1, -0.05) is 25.9 Å². The van der Waals surface area contributed by atoms with Gasteiger partial charge in [0, 0.05) is 18.9 Å². The summed E-state index contributed by atoms with van der Waals surface area (Å²) >= 11 is 0. The Hall–Kier alpha value is -1.63. The first-order valence-corrected chi connectivity index (χ1v) is 7.04. The smallest absolute Gasteiger partial charge is 0.315 e. The lowest BCUT2D eigenvalue weighted by Gasteiger charge is -2.14. The van der Waals surface area contributed by atoms with E-state index in [1.54, 1.807) is 0 Å². The maximum atomic E-state index is 11.5. The third-order valence-corrected chi connectivity index (χ3v) is 2.90. The molecule has 0 fully saturated rings. The van der Waals surface area contributed by atoms with Gasteiger partial charge in [-0.2, -0.15) is 4.98 Å². The van der Waals surface area contributed by atoms with Crippen LogP contribution < -0.4 is 10.6 Å². The molecule has 0 aliphatic carbocycles. The molecule has 0 aliphatic heterocycles. The summed E-state index contributed by atoms with van der Waals surface area (Å²) in [5, 5.41) is 18.3. The van der Waals surface area contributed by atoms with Crippen LogP contribution in [0.2, 0.25) is 0 Å². The molecule has 7 heteroatoms. The van der Waals surface area contributed by atoms with E-state index in [1.165, 1.54) is 0 Å². The highest BCUT2D eigenvalue weighted by Gasteiger charge is 2.10. The van der Waals surface area contributed by atoms with Gasteiger partial charge in [0.15, 0.2) is 5.82 Å². The van der Waals surface area contributed by atoms with Crippen LogP contribution in [0.15, 0.2) is 4.52 Å². The van der Waals surface area contributed by atoms with Gasteiger partial charge in [-0.05, 0) is 12.8 Å². The fourth-order valence-corrected chi connectivity index (χ4v) is 1.56. The van der Waals surface area contributed by atoms with Crippen molar-refractivity contribution in [2.24, 2.45) is 0 Å². The van der Waals surface area contributed by atoms with Crippen LogP contribution in [0, 0.1) is 0 Å². The van der Waals surface area contributed by atoms with Crippen LogP contribution in [0.5, 0.6) is 0 Å². The molecule has 1 aromatic heterocycles. The molecule has 7 nitrogen and oxygen atoms in total. The zero-order valence-electron chi connectivity index (χ0n) is 12.3. The fraction of sp³-hybridized carbons (Fsp3) is 0.769. The number of nitrogens with one attached hydrogen (secondary N) is 2. The monoisotopic (exact) mass is 284 g/mol. The first-order chi connectivity index (χ1) is 9.56. The van der Waals surface area contributed by atoms with Crippen molar-refractivity contribution in [2.75, 3.05) is 13.2 Å². The van der Waals surface area contributed by atoms with Gasteiger partial charge >= 0.3 is 6.03 Å². The van der Waals surface area contributed by atoms with E-state index < -0.39 is 0 Å². The average Bonchev–Trinajstić information content (AvgIpc) is 2.90. The second-order valence-corrected chi connectivity index (χ2v) is 4.99. The van der Waals surface area contributed by atoms with Gasteiger partial charge in [0.05, 0.1) is 12.6 Å². The summed E-state index contributed by atoms with van der Waals surface area (Å²) in [6.07, 6.45) is 2.06. The number of rotatable bonds is 8. The molecule has 0 saturated heterocycles. The van der Waals surface area contributed by atoms with E-state index in [2.05, 4.69) is 20.8 Å². The van der Waals surface area contributed by atoms with Crippen molar-refractivity contribution in [3.63, 3.8) is 0 Å². The van der Waals surface area contributed by atoms with Crippen molar-refractivity contribution in [1.82, 2.24) is 20.8 Å². The zero-order valence-corrected chi connectivity index (χ0v) is 12.3. The summed E-state index contributed by atoms with van der Waals surface area (Å²) in [5.41, 5.74) is 0. The van der Waals surface area contributed by atoms with Gasteiger partial charge in [-0.25, -0.2) is 4.79 Å². The van der Waals surface area contributed by atoms with Crippen molar-refractivity contribution in [3.8, 4) is 0 Å². The molecule has 20 heavy (non-hydrogen) atoms. The summed E-state index contributed by atoms with van der Waals surface area (Å²) in [6.45, 7) is 6.39. The van der Waals surface area contributed by atoms with E-state index in [1.807, 2.05) is 20.8 Å². The predicted molar refractivity (Wildman–Crippen MR) is 74.4 cm³/mol. The van der Waals surface area contributed by atoms with Crippen LogP contribution >= 0.6 is 0 Å². The van der Waals surface area contributed by atoms with Gasteiger partial charge in [0.1, 0.15) is 0 Å². The average molecular weight is 284 g/mol. The summed E-state index contributed by atoms with van der Waals surface area (Å²) in [6, 6.07) is -0.459. The highest BCUT2D eigenvalue weighted by Crippen LogP contribution is 2.10. The summed E-state index contributed by atoms with van der Waals surface area (Å²) in [7, 11) is 0. The fourth-order valence-electron chi connectivity index (χ4n) is 1.56. The number of aliphatic hydroxyl groups is 1. The number of urea groups is 1. The Balaban J connectivity index is 2.19. The van der Waals surface area contributed by atoms with Crippen LogP contribution in [-0.4, -0.2) is 40.5 Å². The normalized spacial score (nSPS) is 12.4. The number of amides is 2. The molecule has 1 rings (SSSR count). The van der Waals surface area contributed by atoms with Crippen LogP contribution in [0.4, 0.5) is 4.79 Å². The number of aryl methyl sites for hydroxylation is 1. The number of aliphatic hydroxyl groups excluding tert-OH is 1. The Morgan fingerprint density at radius 3 is 2.75 bits per heavy atom. The molecule has 3 N–H and O–H groups in total. The van der Waals surface area contributed by atoms with E-state index in [0.29, 0.717) is 31.1 Å². The van der Waals surface area contributed by atoms with Gasteiger partial charge in [-0.15, -0.1) is 0 Å². The Morgan fingerprint density at radius 1 is 1.45 bits per heavy atom. The van der Waals surface area contributed by atoms with Crippen LogP contribution in [0.25, 0.3) is 0 Å². The molecule has 2 amide bonds. The van der Waals surface area contributed by atoms with Gasteiger partial charge in [-0.3, -0.25) is 0 Å². The molecule has 114 valence electrons. The zero-order chi connectivity index (χ0) is 15.0. The molecule has 0 radical (unpaired) electrons. The highest BCUT2D eigenvalue weighted by atomic mass is 16.5. The second-order valence-electron chi connectivity index (χ2n) is 4.99. The number of carbonyl (C=O) groups is 1. The third kappa shape index (κ3) is 5.56. The molecular weight excluding hydrogens is 260 g/mol. The minimum absolute atomic E-state index is 0.0517. The lowest BCUT2D eigenvalue weighted by atomic mass is 10.2. The lowest BCUT2D eigenvalue weighted by molar-refractivity contribution is 0.214. The Morgan fingerprint density at radius 2 is 2.20 bits per heavy atom. The maximum Gasteiger partial charge on any atom is 0.315 e. The van der Waals surface area contributed by atoms with Crippen LogP contribution in [0.1, 0.15) is 51.2 Å². The van der Waals surface area contributed by atoms with Gasteiger partial charge in [0.25, 0.3) is 0 Å². The minimum Gasteiger partial charge on any atom is -0.394 e.